The zero-order valence-corrected chi connectivity index (χ0v) is 12.2. The van der Waals surface area contributed by atoms with Crippen molar-refractivity contribution in [2.45, 2.75) is 55.4 Å². The van der Waals surface area contributed by atoms with Crippen LogP contribution >= 0.6 is 0 Å². The molecular weight excluding hydrogens is 180 g/mol. The minimum absolute atomic E-state index is 0.487. The van der Waals surface area contributed by atoms with Gasteiger partial charge in [0.05, 0.1) is 0 Å². The molecule has 1 unspecified atom stereocenters. The van der Waals surface area contributed by atoms with Crippen LogP contribution in [0.25, 0.3) is 0 Å². The lowest BCUT2D eigenvalue weighted by Crippen LogP contribution is -1.77. The molecule has 92 valence electrons. The first kappa shape index (κ1) is 23.8. The van der Waals surface area contributed by atoms with Crippen LogP contribution in [-0.4, -0.2) is 0 Å². The van der Waals surface area contributed by atoms with Gasteiger partial charge in [-0.05, 0) is 12.8 Å². The third-order valence-corrected chi connectivity index (χ3v) is 1.09. The Balaban J connectivity index is -0.0000000860. The van der Waals surface area contributed by atoms with E-state index in [-0.39, 0.29) is 0 Å². The highest BCUT2D eigenvalue weighted by atomic mass is 13.9. The maximum atomic E-state index is 3.66. The Hall–Kier alpha value is -0.780. The Morgan fingerprint density at radius 2 is 1.27 bits per heavy atom. The molecule has 0 saturated heterocycles. The van der Waals surface area contributed by atoms with Crippen molar-refractivity contribution in [2.24, 2.45) is 5.92 Å². The second-order valence-corrected chi connectivity index (χ2v) is 2.01. The molecule has 0 fully saturated rings. The molecule has 0 N–H and O–H groups in total. The SMILES string of the molecule is C=CC(C)/C=C\C=C/C.CC.CC.CC. The lowest BCUT2D eigenvalue weighted by atomic mass is 10.2. The van der Waals surface area contributed by atoms with E-state index in [0.29, 0.717) is 5.92 Å². The van der Waals surface area contributed by atoms with Crippen molar-refractivity contribution in [3.63, 3.8) is 0 Å². The van der Waals surface area contributed by atoms with Crippen LogP contribution in [0.2, 0.25) is 0 Å². The molecular formula is C15H32. The van der Waals surface area contributed by atoms with Crippen LogP contribution in [0.5, 0.6) is 0 Å². The Kier molecular flexibility index (Phi) is 60.1. The van der Waals surface area contributed by atoms with E-state index in [0.717, 1.165) is 0 Å². The molecule has 0 aliphatic heterocycles. The normalized spacial score (nSPS) is 10.1. The first-order valence-electron chi connectivity index (χ1n) is 6.23. The van der Waals surface area contributed by atoms with Crippen LogP contribution in [0, 0.1) is 5.92 Å². The summed E-state index contributed by atoms with van der Waals surface area (Å²) < 4.78 is 0. The van der Waals surface area contributed by atoms with Crippen LogP contribution in [0.15, 0.2) is 37.0 Å². The van der Waals surface area contributed by atoms with E-state index < -0.39 is 0 Å². The summed E-state index contributed by atoms with van der Waals surface area (Å²) in [7, 11) is 0. The van der Waals surface area contributed by atoms with Crippen LogP contribution in [0.3, 0.4) is 0 Å². The molecule has 15 heavy (non-hydrogen) atoms. The fraction of sp³-hybridized carbons (Fsp3) is 0.600. The molecule has 0 saturated carbocycles. The molecule has 0 aromatic heterocycles. The first-order chi connectivity index (χ1) is 7.31. The van der Waals surface area contributed by atoms with Crippen molar-refractivity contribution >= 4 is 0 Å². The summed E-state index contributed by atoms with van der Waals surface area (Å²) in [6.07, 6.45) is 10.1. The minimum atomic E-state index is 0.487. The van der Waals surface area contributed by atoms with E-state index >= 15 is 0 Å². The molecule has 0 heterocycles. The molecule has 0 heteroatoms. The maximum Gasteiger partial charge on any atom is -0.00814 e. The second kappa shape index (κ2) is 37.9. The van der Waals surface area contributed by atoms with Gasteiger partial charge in [0, 0.05) is 0 Å². The molecule has 0 nitrogen and oxygen atoms in total. The quantitative estimate of drug-likeness (QED) is 0.396. The fourth-order valence-corrected chi connectivity index (χ4v) is 0.429. The Morgan fingerprint density at radius 3 is 1.53 bits per heavy atom. The third-order valence-electron chi connectivity index (χ3n) is 1.09. The van der Waals surface area contributed by atoms with Crippen LogP contribution in [0.4, 0.5) is 0 Å². The van der Waals surface area contributed by atoms with Crippen LogP contribution in [-0.2, 0) is 0 Å². The smallest absolute Gasteiger partial charge is 0.00814 e. The highest BCUT2D eigenvalue weighted by Crippen LogP contribution is 1.96. The zero-order chi connectivity index (χ0) is 13.1. The Bertz CT molecular complexity index is 118. The molecule has 0 aliphatic carbocycles. The van der Waals surface area contributed by atoms with Gasteiger partial charge in [0.15, 0.2) is 0 Å². The summed E-state index contributed by atoms with van der Waals surface area (Å²) in [4.78, 5) is 0. The van der Waals surface area contributed by atoms with E-state index in [2.05, 4.69) is 19.6 Å². The molecule has 0 rings (SSSR count). The van der Waals surface area contributed by atoms with E-state index in [1.165, 1.54) is 0 Å². The van der Waals surface area contributed by atoms with Crippen molar-refractivity contribution in [2.75, 3.05) is 0 Å². The largest absolute Gasteiger partial charge is 0.102 e. The van der Waals surface area contributed by atoms with Gasteiger partial charge in [-0.2, -0.15) is 0 Å². The standard InChI is InChI=1S/C9H14.3C2H6/c1-4-6-7-8-9(3)5-2;3*1-2/h4-9H,2H2,1,3H3;3*1-2H3/b6-4-,8-7-;;;. The van der Waals surface area contributed by atoms with Crippen LogP contribution in [0.1, 0.15) is 55.4 Å². The van der Waals surface area contributed by atoms with Crippen LogP contribution < -0.4 is 0 Å². The molecule has 0 bridgehead atoms. The molecule has 0 aliphatic rings. The number of hydrogen-bond acceptors (Lipinski definition) is 0. The van der Waals surface area contributed by atoms with Crippen molar-refractivity contribution in [1.82, 2.24) is 0 Å². The average molecular weight is 212 g/mol. The molecule has 1 atom stereocenters. The van der Waals surface area contributed by atoms with Gasteiger partial charge in [-0.15, -0.1) is 6.58 Å². The summed E-state index contributed by atoms with van der Waals surface area (Å²) >= 11 is 0. The van der Waals surface area contributed by atoms with Gasteiger partial charge < -0.3 is 0 Å². The van der Waals surface area contributed by atoms with Gasteiger partial charge in [0.2, 0.25) is 0 Å². The van der Waals surface area contributed by atoms with Gasteiger partial charge >= 0.3 is 0 Å². The summed E-state index contributed by atoms with van der Waals surface area (Å²) in [5.74, 6) is 0.487. The summed E-state index contributed by atoms with van der Waals surface area (Å²) in [6.45, 7) is 19.8. The lowest BCUT2D eigenvalue weighted by molar-refractivity contribution is 0.944. The third kappa shape index (κ3) is 43.0. The fourth-order valence-electron chi connectivity index (χ4n) is 0.429. The molecule has 0 aromatic carbocycles. The van der Waals surface area contributed by atoms with Crippen molar-refractivity contribution in [3.05, 3.63) is 37.0 Å². The highest BCUT2D eigenvalue weighted by Gasteiger charge is 1.82. The van der Waals surface area contributed by atoms with E-state index in [9.17, 15) is 0 Å². The molecule has 0 spiro atoms. The summed E-state index contributed by atoms with van der Waals surface area (Å²) in [5, 5.41) is 0. The highest BCUT2D eigenvalue weighted by molar-refractivity contribution is 5.05. The number of hydrogen-bond donors (Lipinski definition) is 0. The summed E-state index contributed by atoms with van der Waals surface area (Å²) in [6, 6.07) is 0. The van der Waals surface area contributed by atoms with Gasteiger partial charge in [-0.25, -0.2) is 0 Å². The average Bonchev–Trinajstić information content (AvgIpc) is 2.36. The monoisotopic (exact) mass is 212 g/mol. The van der Waals surface area contributed by atoms with E-state index in [4.69, 9.17) is 0 Å². The minimum Gasteiger partial charge on any atom is -0.102 e. The number of allylic oxidation sites excluding steroid dienone is 5. The lowest BCUT2D eigenvalue weighted by Gasteiger charge is -1.91. The van der Waals surface area contributed by atoms with Crippen molar-refractivity contribution < 1.29 is 0 Å². The first-order valence-corrected chi connectivity index (χ1v) is 6.23. The molecule has 0 amide bonds. The van der Waals surface area contributed by atoms with E-state index in [1.54, 1.807) is 0 Å². The predicted octanol–water partition coefficient (Wildman–Crippen LogP) is 6.02. The topological polar surface area (TPSA) is 0 Å². The van der Waals surface area contributed by atoms with Gasteiger partial charge in [0.1, 0.15) is 0 Å². The van der Waals surface area contributed by atoms with Crippen molar-refractivity contribution in [1.29, 1.82) is 0 Å². The zero-order valence-electron chi connectivity index (χ0n) is 12.2. The molecule has 0 radical (unpaired) electrons. The second-order valence-electron chi connectivity index (χ2n) is 2.01. The van der Waals surface area contributed by atoms with E-state index in [1.807, 2.05) is 72.8 Å². The van der Waals surface area contributed by atoms with Gasteiger partial charge in [-0.1, -0.05) is 78.8 Å². The van der Waals surface area contributed by atoms with Gasteiger partial charge in [-0.3, -0.25) is 0 Å². The van der Waals surface area contributed by atoms with Gasteiger partial charge in [0.25, 0.3) is 0 Å². The molecule has 0 aromatic rings. The Morgan fingerprint density at radius 1 is 0.867 bits per heavy atom. The maximum absolute atomic E-state index is 3.66. The Labute approximate surface area is 98.8 Å². The number of rotatable bonds is 3. The van der Waals surface area contributed by atoms with Crippen molar-refractivity contribution in [3.8, 4) is 0 Å². The summed E-state index contributed by atoms with van der Waals surface area (Å²) in [5.41, 5.74) is 0. The predicted molar refractivity (Wildman–Crippen MR) is 77.4 cm³/mol.